The Balaban J connectivity index is 1.27. The lowest BCUT2D eigenvalue weighted by Crippen LogP contribution is -2.50. The van der Waals surface area contributed by atoms with Crippen LogP contribution in [0.2, 0.25) is 0 Å². The highest BCUT2D eigenvalue weighted by Crippen LogP contribution is 2.10. The molecule has 0 unspecified atom stereocenters. The molecule has 0 atom stereocenters. The summed E-state index contributed by atoms with van der Waals surface area (Å²) in [5, 5.41) is 8.10. The van der Waals surface area contributed by atoms with Gasteiger partial charge in [0.15, 0.2) is 4.96 Å². The van der Waals surface area contributed by atoms with Crippen molar-refractivity contribution in [2.45, 2.75) is 6.54 Å². The average molecular weight is 418 g/mol. The van der Waals surface area contributed by atoms with Crippen molar-refractivity contribution in [3.05, 3.63) is 56.1 Å². The lowest BCUT2D eigenvalue weighted by Gasteiger charge is -2.34. The SMILES string of the molecule is O=C(NCC(=O)N1CCN(Cc2cc(=O)n3ccsc3n2)CC1)c1ccsc1. The lowest BCUT2D eigenvalue weighted by atomic mass is 10.2. The van der Waals surface area contributed by atoms with Gasteiger partial charge in [-0.25, -0.2) is 4.98 Å². The molecule has 1 fully saturated rings. The van der Waals surface area contributed by atoms with Crippen molar-refractivity contribution in [1.29, 1.82) is 0 Å². The van der Waals surface area contributed by atoms with E-state index in [0.29, 0.717) is 43.2 Å². The molecular weight excluding hydrogens is 398 g/mol. The lowest BCUT2D eigenvalue weighted by molar-refractivity contribution is -0.131. The molecule has 1 N–H and O–H groups in total. The monoisotopic (exact) mass is 417 g/mol. The van der Waals surface area contributed by atoms with Crippen LogP contribution in [0.4, 0.5) is 0 Å². The minimum Gasteiger partial charge on any atom is -0.343 e. The number of rotatable bonds is 5. The van der Waals surface area contributed by atoms with E-state index < -0.39 is 0 Å². The van der Waals surface area contributed by atoms with Gasteiger partial charge >= 0.3 is 0 Å². The number of aromatic nitrogens is 2. The standard InChI is InChI=1S/C18H19N5O3S2/c24-15-9-14(20-18-23(15)6-8-28-18)11-21-2-4-22(5-3-21)16(25)10-19-17(26)13-1-7-27-12-13/h1,6-9,12H,2-5,10-11H2,(H,19,26). The molecule has 10 heteroatoms. The van der Waals surface area contributed by atoms with E-state index >= 15 is 0 Å². The van der Waals surface area contributed by atoms with Crippen molar-refractivity contribution in [2.24, 2.45) is 0 Å². The predicted octanol–water partition coefficient (Wildman–Crippen LogP) is 0.892. The van der Waals surface area contributed by atoms with E-state index in [4.69, 9.17) is 0 Å². The molecule has 0 spiro atoms. The molecule has 4 heterocycles. The molecule has 1 aliphatic rings. The number of nitrogens with one attached hydrogen (secondary N) is 1. The second kappa shape index (κ2) is 8.21. The molecule has 8 nitrogen and oxygen atoms in total. The van der Waals surface area contributed by atoms with Gasteiger partial charge in [-0.15, -0.1) is 11.3 Å². The number of amides is 2. The summed E-state index contributed by atoms with van der Waals surface area (Å²) < 4.78 is 1.54. The topological polar surface area (TPSA) is 87.0 Å². The van der Waals surface area contributed by atoms with Gasteiger partial charge in [0.1, 0.15) is 0 Å². The number of thiophene rings is 1. The third-order valence-corrected chi connectivity index (χ3v) is 6.09. The van der Waals surface area contributed by atoms with Crippen LogP contribution < -0.4 is 10.9 Å². The molecule has 0 bridgehead atoms. The second-order valence-corrected chi connectivity index (χ2v) is 8.15. The molecule has 0 aromatic carbocycles. The van der Waals surface area contributed by atoms with Crippen LogP contribution in [0, 0.1) is 0 Å². The van der Waals surface area contributed by atoms with Crippen molar-refractivity contribution in [3.63, 3.8) is 0 Å². The zero-order valence-electron chi connectivity index (χ0n) is 15.0. The number of nitrogens with zero attached hydrogens (tertiary/aromatic N) is 4. The van der Waals surface area contributed by atoms with Crippen LogP contribution >= 0.6 is 22.7 Å². The highest BCUT2D eigenvalue weighted by molar-refractivity contribution is 7.15. The normalized spacial score (nSPS) is 15.1. The zero-order valence-corrected chi connectivity index (χ0v) is 16.7. The first kappa shape index (κ1) is 18.8. The molecule has 1 saturated heterocycles. The van der Waals surface area contributed by atoms with E-state index in [1.807, 2.05) is 10.8 Å². The van der Waals surface area contributed by atoms with Crippen molar-refractivity contribution in [2.75, 3.05) is 32.7 Å². The summed E-state index contributed by atoms with van der Waals surface area (Å²) in [5.41, 5.74) is 1.25. The molecule has 3 aromatic rings. The Kier molecular flexibility index (Phi) is 5.51. The molecule has 0 saturated carbocycles. The van der Waals surface area contributed by atoms with Crippen LogP contribution in [0.3, 0.4) is 0 Å². The first-order valence-corrected chi connectivity index (χ1v) is 10.7. The highest BCUT2D eigenvalue weighted by atomic mass is 32.1. The molecule has 1 aliphatic heterocycles. The minimum absolute atomic E-state index is 0.00203. The van der Waals surface area contributed by atoms with Gasteiger partial charge in [-0.3, -0.25) is 23.7 Å². The zero-order chi connectivity index (χ0) is 19.5. The molecular formula is C18H19N5O3S2. The van der Waals surface area contributed by atoms with Crippen molar-refractivity contribution < 1.29 is 9.59 Å². The van der Waals surface area contributed by atoms with Crippen LogP contribution in [0.15, 0.2) is 39.3 Å². The Morgan fingerprint density at radius 1 is 1.18 bits per heavy atom. The smallest absolute Gasteiger partial charge is 0.258 e. The van der Waals surface area contributed by atoms with E-state index in [9.17, 15) is 14.4 Å². The third kappa shape index (κ3) is 4.13. The van der Waals surface area contributed by atoms with Crippen LogP contribution in [-0.4, -0.2) is 63.7 Å². The number of carbonyl (C=O) groups excluding carboxylic acids is 2. The van der Waals surface area contributed by atoms with E-state index in [1.54, 1.807) is 28.6 Å². The summed E-state index contributed by atoms with van der Waals surface area (Å²) in [4.78, 5) is 45.5. The van der Waals surface area contributed by atoms with Gasteiger partial charge in [-0.1, -0.05) is 0 Å². The summed E-state index contributed by atoms with van der Waals surface area (Å²) in [5.74, 6) is -0.311. The maximum atomic E-state index is 12.3. The quantitative estimate of drug-likeness (QED) is 0.666. The Morgan fingerprint density at radius 2 is 2.00 bits per heavy atom. The van der Waals surface area contributed by atoms with Gasteiger partial charge < -0.3 is 10.2 Å². The average Bonchev–Trinajstić information content (AvgIpc) is 3.38. The number of hydrogen-bond acceptors (Lipinski definition) is 7. The summed E-state index contributed by atoms with van der Waals surface area (Å²) in [6.07, 6.45) is 1.72. The number of piperazine rings is 1. The van der Waals surface area contributed by atoms with Gasteiger partial charge in [0, 0.05) is 61.3 Å². The fourth-order valence-electron chi connectivity index (χ4n) is 3.12. The van der Waals surface area contributed by atoms with E-state index in [0.717, 1.165) is 5.69 Å². The Bertz CT molecular complexity index is 1040. The first-order valence-electron chi connectivity index (χ1n) is 8.86. The largest absolute Gasteiger partial charge is 0.343 e. The van der Waals surface area contributed by atoms with Gasteiger partial charge in [0.2, 0.25) is 5.91 Å². The minimum atomic E-state index is -0.227. The first-order chi connectivity index (χ1) is 13.6. The Hall–Kier alpha value is -2.56. The molecule has 0 radical (unpaired) electrons. The van der Waals surface area contributed by atoms with Gasteiger partial charge in [-0.05, 0) is 11.4 Å². The molecule has 28 heavy (non-hydrogen) atoms. The fourth-order valence-corrected chi connectivity index (χ4v) is 4.49. The Labute approximate surface area is 169 Å². The number of hydrogen-bond donors (Lipinski definition) is 1. The molecule has 0 aliphatic carbocycles. The van der Waals surface area contributed by atoms with Crippen LogP contribution in [0.25, 0.3) is 4.96 Å². The molecule has 4 rings (SSSR count). The van der Waals surface area contributed by atoms with E-state index in [2.05, 4.69) is 15.2 Å². The number of thiazole rings is 1. The molecule has 3 aromatic heterocycles. The predicted molar refractivity (Wildman–Crippen MR) is 108 cm³/mol. The summed E-state index contributed by atoms with van der Waals surface area (Å²) in [6.45, 7) is 3.18. The maximum Gasteiger partial charge on any atom is 0.258 e. The van der Waals surface area contributed by atoms with Gasteiger partial charge in [0.25, 0.3) is 11.5 Å². The van der Waals surface area contributed by atoms with Crippen LogP contribution in [0.5, 0.6) is 0 Å². The van der Waals surface area contributed by atoms with Gasteiger partial charge in [0.05, 0.1) is 12.2 Å². The van der Waals surface area contributed by atoms with Gasteiger partial charge in [-0.2, -0.15) is 11.3 Å². The maximum absolute atomic E-state index is 12.3. The Morgan fingerprint density at radius 3 is 2.75 bits per heavy atom. The van der Waals surface area contributed by atoms with Crippen LogP contribution in [0.1, 0.15) is 16.1 Å². The molecule has 2 amide bonds. The summed E-state index contributed by atoms with van der Waals surface area (Å²) >= 11 is 2.88. The van der Waals surface area contributed by atoms with Crippen molar-refractivity contribution in [3.8, 4) is 0 Å². The highest BCUT2D eigenvalue weighted by Gasteiger charge is 2.22. The third-order valence-electron chi connectivity index (χ3n) is 4.65. The van der Waals surface area contributed by atoms with Crippen molar-refractivity contribution in [1.82, 2.24) is 24.5 Å². The van der Waals surface area contributed by atoms with E-state index in [-0.39, 0.29) is 23.9 Å². The van der Waals surface area contributed by atoms with Crippen LogP contribution in [-0.2, 0) is 11.3 Å². The van der Waals surface area contributed by atoms with Crippen molar-refractivity contribution >= 4 is 39.4 Å². The molecule has 146 valence electrons. The fraction of sp³-hybridized carbons (Fsp3) is 0.333. The second-order valence-electron chi connectivity index (χ2n) is 6.49. The summed E-state index contributed by atoms with van der Waals surface area (Å²) in [6, 6.07) is 3.30. The summed E-state index contributed by atoms with van der Waals surface area (Å²) in [7, 11) is 0. The number of fused-ring (bicyclic) bond motifs is 1. The van der Waals surface area contributed by atoms with E-state index in [1.165, 1.54) is 27.1 Å². The number of carbonyl (C=O) groups is 2.